The number of rotatable bonds is 2. The maximum absolute atomic E-state index is 10.9. The molecule has 1 heterocycles. The van der Waals surface area contributed by atoms with E-state index in [-0.39, 0.29) is 11.2 Å². The first-order chi connectivity index (χ1) is 11.3. The molecular weight excluding hydrogens is 296 g/mol. The van der Waals surface area contributed by atoms with Crippen LogP contribution in [-0.2, 0) is 5.41 Å². The molecule has 0 atom stereocenters. The monoisotopic (exact) mass is 320 g/mol. The summed E-state index contributed by atoms with van der Waals surface area (Å²) < 4.78 is 1.87. The number of hydrogen-bond acceptors (Lipinski definition) is 2. The Morgan fingerprint density at radius 2 is 1.58 bits per heavy atom. The fourth-order valence-electron chi connectivity index (χ4n) is 2.94. The number of nitrogens with zero attached hydrogens (tertiary/aromatic N) is 2. The van der Waals surface area contributed by atoms with Gasteiger partial charge in [-0.3, -0.25) is 0 Å². The minimum atomic E-state index is -0.232. The minimum Gasteiger partial charge on any atom is -0.504 e. The van der Waals surface area contributed by atoms with Gasteiger partial charge in [0.15, 0.2) is 5.75 Å². The van der Waals surface area contributed by atoms with Gasteiger partial charge in [0.1, 0.15) is 5.69 Å². The van der Waals surface area contributed by atoms with Gasteiger partial charge < -0.3 is 5.11 Å². The molecule has 0 aliphatic carbocycles. The van der Waals surface area contributed by atoms with Crippen LogP contribution in [0.1, 0.15) is 37.6 Å². The summed E-state index contributed by atoms with van der Waals surface area (Å²) in [4.78, 5) is 0. The average molecular weight is 320 g/mol. The van der Waals surface area contributed by atoms with Crippen LogP contribution in [0.25, 0.3) is 16.9 Å². The number of aromatic nitrogens is 2. The van der Waals surface area contributed by atoms with E-state index in [2.05, 4.69) is 46.8 Å². The van der Waals surface area contributed by atoms with Crippen molar-refractivity contribution in [2.24, 2.45) is 0 Å². The number of hydrogen-bond donors (Lipinski definition) is 1. The summed E-state index contributed by atoms with van der Waals surface area (Å²) in [6, 6.07) is 16.3. The lowest BCUT2D eigenvalue weighted by molar-refractivity contribution is 0.440. The van der Waals surface area contributed by atoms with Gasteiger partial charge in [-0.15, -0.1) is 0 Å². The molecule has 0 radical (unpaired) electrons. The van der Waals surface area contributed by atoms with Crippen molar-refractivity contribution >= 4 is 0 Å². The first-order valence-corrected chi connectivity index (χ1v) is 8.24. The van der Waals surface area contributed by atoms with E-state index in [9.17, 15) is 5.11 Å². The van der Waals surface area contributed by atoms with Crippen molar-refractivity contribution in [1.29, 1.82) is 0 Å². The zero-order valence-corrected chi connectivity index (χ0v) is 15.0. The molecule has 124 valence electrons. The third kappa shape index (κ3) is 2.94. The molecule has 0 spiro atoms. The summed E-state index contributed by atoms with van der Waals surface area (Å²) >= 11 is 0. The molecule has 1 N–H and O–H groups in total. The lowest BCUT2D eigenvalue weighted by atomic mass is 9.90. The van der Waals surface area contributed by atoms with Gasteiger partial charge in [-0.2, -0.15) is 5.10 Å². The van der Waals surface area contributed by atoms with Gasteiger partial charge in [-0.1, -0.05) is 62.7 Å². The highest BCUT2D eigenvalue weighted by Gasteiger charge is 2.28. The molecule has 0 aliphatic heterocycles. The van der Waals surface area contributed by atoms with E-state index < -0.39 is 0 Å². The second-order valence-electron chi connectivity index (χ2n) is 7.41. The summed E-state index contributed by atoms with van der Waals surface area (Å²) in [5.41, 5.74) is 5.46. The Balaban J connectivity index is 2.25. The maximum atomic E-state index is 10.9. The van der Waals surface area contributed by atoms with E-state index in [1.807, 2.05) is 41.1 Å². The summed E-state index contributed by atoms with van der Waals surface area (Å²) in [5.74, 6) is 0.257. The van der Waals surface area contributed by atoms with Gasteiger partial charge in [0.05, 0.1) is 11.4 Å². The molecule has 1 aromatic heterocycles. The van der Waals surface area contributed by atoms with E-state index in [4.69, 9.17) is 5.10 Å². The van der Waals surface area contributed by atoms with Crippen molar-refractivity contribution in [3.05, 3.63) is 65.4 Å². The Hall–Kier alpha value is -2.55. The van der Waals surface area contributed by atoms with Crippen LogP contribution in [0.3, 0.4) is 0 Å². The topological polar surface area (TPSA) is 38.0 Å². The molecule has 3 heteroatoms. The Bertz CT molecular complexity index is 868. The Morgan fingerprint density at radius 1 is 0.917 bits per heavy atom. The van der Waals surface area contributed by atoms with Crippen molar-refractivity contribution in [2.45, 2.75) is 40.0 Å². The summed E-state index contributed by atoms with van der Waals surface area (Å²) in [6.07, 6.45) is 0. The maximum Gasteiger partial charge on any atom is 0.166 e. The summed E-state index contributed by atoms with van der Waals surface area (Å²) in [5, 5.41) is 15.7. The third-order valence-corrected chi connectivity index (χ3v) is 4.14. The molecular formula is C21H24N2O. The van der Waals surface area contributed by atoms with Gasteiger partial charge in [0, 0.05) is 11.0 Å². The van der Waals surface area contributed by atoms with Crippen molar-refractivity contribution < 1.29 is 5.11 Å². The Kier molecular flexibility index (Phi) is 3.96. The zero-order chi connectivity index (χ0) is 17.5. The number of benzene rings is 2. The van der Waals surface area contributed by atoms with E-state index in [0.717, 1.165) is 16.9 Å². The molecule has 0 bridgehead atoms. The van der Waals surface area contributed by atoms with Crippen molar-refractivity contribution in [3.8, 4) is 22.7 Å². The minimum absolute atomic E-state index is 0.232. The normalized spacial score (nSPS) is 11.7. The lowest BCUT2D eigenvalue weighted by Crippen LogP contribution is -2.17. The largest absolute Gasteiger partial charge is 0.504 e. The molecule has 0 aliphatic rings. The molecule has 0 amide bonds. The van der Waals surface area contributed by atoms with E-state index in [1.165, 1.54) is 11.1 Å². The van der Waals surface area contributed by atoms with E-state index in [0.29, 0.717) is 5.69 Å². The van der Waals surface area contributed by atoms with E-state index in [1.54, 1.807) is 0 Å². The van der Waals surface area contributed by atoms with Gasteiger partial charge in [-0.05, 0) is 31.5 Å². The quantitative estimate of drug-likeness (QED) is 0.708. The van der Waals surface area contributed by atoms with Gasteiger partial charge >= 0.3 is 0 Å². The molecule has 0 saturated carbocycles. The zero-order valence-electron chi connectivity index (χ0n) is 15.0. The second kappa shape index (κ2) is 5.82. The predicted molar refractivity (Wildman–Crippen MR) is 98.8 cm³/mol. The first-order valence-electron chi connectivity index (χ1n) is 8.24. The van der Waals surface area contributed by atoms with Crippen LogP contribution in [-0.4, -0.2) is 14.9 Å². The third-order valence-electron chi connectivity index (χ3n) is 4.14. The van der Waals surface area contributed by atoms with Gasteiger partial charge in [0.25, 0.3) is 0 Å². The average Bonchev–Trinajstić information content (AvgIpc) is 2.86. The summed E-state index contributed by atoms with van der Waals surface area (Å²) in [6.45, 7) is 10.4. The number of aromatic hydroxyl groups is 1. The van der Waals surface area contributed by atoms with Crippen molar-refractivity contribution in [2.75, 3.05) is 0 Å². The predicted octanol–water partition coefficient (Wildman–Crippen LogP) is 5.16. The molecule has 3 rings (SSSR count). The molecule has 3 aromatic rings. The molecule has 0 fully saturated rings. The fourth-order valence-corrected chi connectivity index (χ4v) is 2.94. The second-order valence-corrected chi connectivity index (χ2v) is 7.41. The van der Waals surface area contributed by atoms with Crippen LogP contribution in [0.2, 0.25) is 0 Å². The summed E-state index contributed by atoms with van der Waals surface area (Å²) in [7, 11) is 0. The van der Waals surface area contributed by atoms with Crippen molar-refractivity contribution in [1.82, 2.24) is 9.78 Å². The van der Waals surface area contributed by atoms with Crippen molar-refractivity contribution in [3.63, 3.8) is 0 Å². The van der Waals surface area contributed by atoms with Crippen LogP contribution in [0.5, 0.6) is 5.75 Å². The lowest BCUT2D eigenvalue weighted by Gasteiger charge is -2.20. The highest BCUT2D eigenvalue weighted by molar-refractivity contribution is 5.69. The van der Waals surface area contributed by atoms with Crippen LogP contribution in [0.15, 0.2) is 48.5 Å². The molecule has 0 saturated heterocycles. The first kappa shape index (κ1) is 16.3. The molecule has 0 unspecified atom stereocenters. The Labute approximate surface area is 143 Å². The fraction of sp³-hybridized carbons (Fsp3) is 0.286. The molecule has 24 heavy (non-hydrogen) atoms. The van der Waals surface area contributed by atoms with Crippen LogP contribution >= 0.6 is 0 Å². The van der Waals surface area contributed by atoms with Crippen LogP contribution < -0.4 is 0 Å². The number of aryl methyl sites for hydroxylation is 2. The van der Waals surface area contributed by atoms with Crippen LogP contribution in [0, 0.1) is 13.8 Å². The Morgan fingerprint density at radius 3 is 2.17 bits per heavy atom. The van der Waals surface area contributed by atoms with E-state index >= 15 is 0 Å². The van der Waals surface area contributed by atoms with Gasteiger partial charge in [-0.25, -0.2) is 4.68 Å². The smallest absolute Gasteiger partial charge is 0.166 e. The highest BCUT2D eigenvalue weighted by Crippen LogP contribution is 2.39. The highest BCUT2D eigenvalue weighted by atomic mass is 16.3. The standard InChI is InChI=1S/C21H24N2O/c1-14-9-11-16(12-10-14)18-19(24)20(21(3,4)5)23(22-18)17-8-6-7-15(2)13-17/h6-13,24H,1-5H3. The van der Waals surface area contributed by atoms with Gasteiger partial charge in [0.2, 0.25) is 0 Å². The molecule has 2 aromatic carbocycles. The molecule has 3 nitrogen and oxygen atoms in total. The van der Waals surface area contributed by atoms with Crippen LogP contribution in [0.4, 0.5) is 0 Å². The SMILES string of the molecule is Cc1ccc(-c2nn(-c3cccc(C)c3)c(C(C)(C)C)c2O)cc1.